The van der Waals surface area contributed by atoms with Crippen molar-refractivity contribution in [2.75, 3.05) is 13.2 Å². The van der Waals surface area contributed by atoms with Gasteiger partial charge in [0.1, 0.15) is 5.75 Å². The molecule has 4 rings (SSSR count). The predicted molar refractivity (Wildman–Crippen MR) is 106 cm³/mol. The fraction of sp³-hybridized carbons (Fsp3) is 0.318. The van der Waals surface area contributed by atoms with E-state index in [0.29, 0.717) is 38.4 Å². The van der Waals surface area contributed by atoms with E-state index in [9.17, 15) is 13.2 Å². The molecule has 0 saturated heterocycles. The molecule has 0 amide bonds. The summed E-state index contributed by atoms with van der Waals surface area (Å²) in [5.74, 6) is -0.258. The predicted octanol–water partition coefficient (Wildman–Crippen LogP) is 4.51. The Balaban J connectivity index is 1.43. The van der Waals surface area contributed by atoms with Crippen molar-refractivity contribution in [1.82, 2.24) is 19.9 Å². The van der Waals surface area contributed by atoms with Gasteiger partial charge in [-0.2, -0.15) is 13.2 Å². The summed E-state index contributed by atoms with van der Waals surface area (Å²) in [7, 11) is 0. The van der Waals surface area contributed by atoms with Gasteiger partial charge >= 0.3 is 6.18 Å². The molecule has 0 atom stereocenters. The molecule has 3 heterocycles. The molecule has 0 N–H and O–H groups in total. The first-order valence-corrected chi connectivity index (χ1v) is 9.75. The number of aromatic nitrogens is 3. The van der Waals surface area contributed by atoms with E-state index in [0.717, 1.165) is 28.1 Å². The molecule has 30 heavy (non-hydrogen) atoms. The maximum absolute atomic E-state index is 12.8. The number of alkyl halides is 3. The summed E-state index contributed by atoms with van der Waals surface area (Å²) in [6, 6.07) is 11.8. The minimum Gasteiger partial charge on any atom is -0.494 e. The van der Waals surface area contributed by atoms with Gasteiger partial charge in [0.25, 0.3) is 0 Å². The molecule has 0 bridgehead atoms. The van der Waals surface area contributed by atoms with Crippen LogP contribution in [0.2, 0.25) is 0 Å². The first-order valence-electron chi connectivity index (χ1n) is 9.75. The molecule has 5 nitrogen and oxygen atoms in total. The Morgan fingerprint density at radius 2 is 1.97 bits per heavy atom. The smallest absolute Gasteiger partial charge is 0.451 e. The maximum atomic E-state index is 12.8. The largest absolute Gasteiger partial charge is 0.494 e. The summed E-state index contributed by atoms with van der Waals surface area (Å²) in [5.41, 5.74) is 4.10. The van der Waals surface area contributed by atoms with E-state index in [4.69, 9.17) is 4.74 Å². The number of fused-ring (bicyclic) bond motifs is 1. The number of halogens is 3. The fourth-order valence-corrected chi connectivity index (χ4v) is 3.50. The number of hydrogen-bond acceptors (Lipinski definition) is 5. The van der Waals surface area contributed by atoms with E-state index in [-0.39, 0.29) is 0 Å². The third-order valence-electron chi connectivity index (χ3n) is 4.94. The fourth-order valence-electron chi connectivity index (χ4n) is 3.50. The second-order valence-electron chi connectivity index (χ2n) is 7.14. The molecule has 0 aliphatic carbocycles. The summed E-state index contributed by atoms with van der Waals surface area (Å²) < 4.78 is 43.9. The van der Waals surface area contributed by atoms with Gasteiger partial charge in [0, 0.05) is 49.6 Å². The van der Waals surface area contributed by atoms with Crippen LogP contribution in [-0.4, -0.2) is 33.0 Å². The van der Waals surface area contributed by atoms with E-state index >= 15 is 0 Å². The summed E-state index contributed by atoms with van der Waals surface area (Å²) in [6.07, 6.45) is -0.913. The zero-order chi connectivity index (χ0) is 21.1. The summed E-state index contributed by atoms with van der Waals surface area (Å²) in [6.45, 7) is 4.37. The lowest BCUT2D eigenvalue weighted by molar-refractivity contribution is -0.145. The van der Waals surface area contributed by atoms with Crippen molar-refractivity contribution < 1.29 is 17.9 Å². The maximum Gasteiger partial charge on any atom is 0.451 e. The van der Waals surface area contributed by atoms with Crippen molar-refractivity contribution >= 4 is 0 Å². The van der Waals surface area contributed by atoms with Gasteiger partial charge in [0.2, 0.25) is 5.82 Å². The van der Waals surface area contributed by atoms with Crippen molar-refractivity contribution in [2.24, 2.45) is 0 Å². The Hall–Kier alpha value is -3.00. The van der Waals surface area contributed by atoms with Crippen LogP contribution in [0.5, 0.6) is 5.75 Å². The third kappa shape index (κ3) is 4.59. The molecule has 3 aromatic rings. The number of benzene rings is 1. The highest BCUT2D eigenvalue weighted by molar-refractivity contribution is 5.61. The topological polar surface area (TPSA) is 51.1 Å². The van der Waals surface area contributed by atoms with Gasteiger partial charge < -0.3 is 4.74 Å². The lowest BCUT2D eigenvalue weighted by Crippen LogP contribution is -2.31. The summed E-state index contributed by atoms with van der Waals surface area (Å²) in [5, 5.41) is 0. The Kier molecular flexibility index (Phi) is 5.67. The standard InChI is InChI=1S/C22H21F3N4O/c1-2-30-18-5-3-4-16(10-18)19-7-6-15(11-26-19)13-29-9-8-20-17(14-29)12-27-21(28-20)22(23,24)25/h3-7,10-12H,2,8-9,13-14H2,1H3. The molecule has 8 heteroatoms. The average Bonchev–Trinajstić information content (AvgIpc) is 2.74. The van der Waals surface area contributed by atoms with Crippen LogP contribution >= 0.6 is 0 Å². The van der Waals surface area contributed by atoms with Crippen LogP contribution in [-0.2, 0) is 25.7 Å². The number of ether oxygens (including phenoxy) is 1. The number of nitrogens with zero attached hydrogens (tertiary/aromatic N) is 4. The van der Waals surface area contributed by atoms with Gasteiger partial charge in [-0.15, -0.1) is 0 Å². The van der Waals surface area contributed by atoms with Crippen molar-refractivity contribution in [3.63, 3.8) is 0 Å². The van der Waals surface area contributed by atoms with Gasteiger partial charge in [-0.25, -0.2) is 9.97 Å². The average molecular weight is 414 g/mol. The molecule has 0 radical (unpaired) electrons. The van der Waals surface area contributed by atoms with Crippen LogP contribution in [0.15, 0.2) is 48.8 Å². The van der Waals surface area contributed by atoms with E-state index in [1.807, 2.05) is 49.5 Å². The molecule has 0 unspecified atom stereocenters. The summed E-state index contributed by atoms with van der Waals surface area (Å²) in [4.78, 5) is 13.9. The normalized spacial score (nSPS) is 14.4. The Morgan fingerprint density at radius 3 is 2.70 bits per heavy atom. The minimum absolute atomic E-state index is 0.469. The highest BCUT2D eigenvalue weighted by Gasteiger charge is 2.35. The van der Waals surface area contributed by atoms with Gasteiger partial charge in [-0.1, -0.05) is 18.2 Å². The Bertz CT molecular complexity index is 1020. The SMILES string of the molecule is CCOc1cccc(-c2ccc(CN3CCc4nc(C(F)(F)F)ncc4C3)cn2)c1. The molecule has 1 aliphatic rings. The van der Waals surface area contributed by atoms with E-state index in [1.54, 1.807) is 0 Å². The van der Waals surface area contributed by atoms with E-state index in [2.05, 4.69) is 19.9 Å². The van der Waals surface area contributed by atoms with E-state index in [1.165, 1.54) is 6.20 Å². The van der Waals surface area contributed by atoms with Crippen molar-refractivity contribution in [1.29, 1.82) is 0 Å². The highest BCUT2D eigenvalue weighted by Crippen LogP contribution is 2.28. The first-order chi connectivity index (χ1) is 14.4. The van der Waals surface area contributed by atoms with Crippen LogP contribution in [0, 0.1) is 0 Å². The van der Waals surface area contributed by atoms with Gasteiger partial charge in [-0.05, 0) is 30.7 Å². The van der Waals surface area contributed by atoms with Crippen molar-refractivity contribution in [3.8, 4) is 17.0 Å². The molecular weight excluding hydrogens is 393 g/mol. The number of hydrogen-bond donors (Lipinski definition) is 0. The first kappa shape index (κ1) is 20.3. The molecule has 0 spiro atoms. The minimum atomic E-state index is -4.51. The molecule has 156 valence electrons. The monoisotopic (exact) mass is 414 g/mol. The zero-order valence-electron chi connectivity index (χ0n) is 16.5. The van der Waals surface area contributed by atoms with Gasteiger partial charge in [0.15, 0.2) is 0 Å². The van der Waals surface area contributed by atoms with Crippen LogP contribution in [0.1, 0.15) is 29.6 Å². The lowest BCUT2D eigenvalue weighted by Gasteiger charge is -2.28. The quantitative estimate of drug-likeness (QED) is 0.615. The summed E-state index contributed by atoms with van der Waals surface area (Å²) >= 11 is 0. The lowest BCUT2D eigenvalue weighted by atomic mass is 10.1. The Labute approximate surface area is 172 Å². The van der Waals surface area contributed by atoms with Crippen LogP contribution < -0.4 is 4.74 Å². The van der Waals surface area contributed by atoms with Gasteiger partial charge in [-0.3, -0.25) is 9.88 Å². The van der Waals surface area contributed by atoms with Crippen molar-refractivity contribution in [2.45, 2.75) is 32.6 Å². The number of rotatable bonds is 5. The second-order valence-corrected chi connectivity index (χ2v) is 7.14. The van der Waals surface area contributed by atoms with Gasteiger partial charge in [0.05, 0.1) is 18.0 Å². The van der Waals surface area contributed by atoms with E-state index < -0.39 is 12.0 Å². The zero-order valence-corrected chi connectivity index (χ0v) is 16.5. The van der Waals surface area contributed by atoms with Crippen molar-refractivity contribution in [3.05, 3.63) is 71.4 Å². The van der Waals surface area contributed by atoms with Crippen LogP contribution in [0.3, 0.4) is 0 Å². The molecule has 1 aromatic carbocycles. The van der Waals surface area contributed by atoms with Crippen LogP contribution in [0.25, 0.3) is 11.3 Å². The molecular formula is C22H21F3N4O. The molecule has 2 aromatic heterocycles. The number of pyridine rings is 1. The molecule has 0 saturated carbocycles. The second kappa shape index (κ2) is 8.39. The molecule has 0 fully saturated rings. The highest BCUT2D eigenvalue weighted by atomic mass is 19.4. The molecule has 1 aliphatic heterocycles. The van der Waals surface area contributed by atoms with Crippen LogP contribution in [0.4, 0.5) is 13.2 Å². The Morgan fingerprint density at radius 1 is 1.10 bits per heavy atom. The third-order valence-corrected chi connectivity index (χ3v) is 4.94.